The van der Waals surface area contributed by atoms with E-state index >= 15 is 0 Å². The lowest BCUT2D eigenvalue weighted by Crippen LogP contribution is -2.40. The van der Waals surface area contributed by atoms with E-state index in [4.69, 9.17) is 0 Å². The summed E-state index contributed by atoms with van der Waals surface area (Å²) in [5, 5.41) is 15.0. The standard InChI is InChI=1S/C12H20BrNOS/c1-11(2,7-14-8-12(3,4)15)10-5-9(13)6-16-10/h5-6,14-15H,7-8H2,1-4H3. The summed E-state index contributed by atoms with van der Waals surface area (Å²) in [7, 11) is 0. The molecule has 1 heterocycles. The molecule has 0 saturated heterocycles. The molecule has 0 spiro atoms. The summed E-state index contributed by atoms with van der Waals surface area (Å²) in [5.41, 5.74) is -0.548. The highest BCUT2D eigenvalue weighted by Crippen LogP contribution is 2.31. The van der Waals surface area contributed by atoms with Gasteiger partial charge in [-0.05, 0) is 35.8 Å². The number of rotatable bonds is 5. The molecule has 0 aliphatic heterocycles. The molecule has 0 atom stereocenters. The molecular formula is C12H20BrNOS. The molecule has 0 saturated carbocycles. The van der Waals surface area contributed by atoms with E-state index in [-0.39, 0.29) is 5.41 Å². The Kier molecular flexibility index (Phi) is 4.57. The Hall–Kier alpha value is 0.1000. The first-order valence-corrected chi connectivity index (χ1v) is 7.06. The average molecular weight is 306 g/mol. The van der Waals surface area contributed by atoms with Crippen LogP contribution in [-0.4, -0.2) is 23.8 Å². The van der Waals surface area contributed by atoms with Crippen LogP contribution in [0.2, 0.25) is 0 Å². The maximum absolute atomic E-state index is 9.62. The number of aliphatic hydroxyl groups is 1. The van der Waals surface area contributed by atoms with Crippen molar-refractivity contribution < 1.29 is 5.11 Å². The smallest absolute Gasteiger partial charge is 0.0715 e. The zero-order chi connectivity index (χ0) is 12.4. The highest BCUT2D eigenvalue weighted by Gasteiger charge is 2.23. The summed E-state index contributed by atoms with van der Waals surface area (Å²) in [6.07, 6.45) is 0. The van der Waals surface area contributed by atoms with Crippen LogP contribution in [0, 0.1) is 0 Å². The Morgan fingerprint density at radius 3 is 2.38 bits per heavy atom. The van der Waals surface area contributed by atoms with Gasteiger partial charge in [-0.3, -0.25) is 0 Å². The highest BCUT2D eigenvalue weighted by atomic mass is 79.9. The average Bonchev–Trinajstić information content (AvgIpc) is 2.49. The van der Waals surface area contributed by atoms with Crippen LogP contribution in [0.25, 0.3) is 0 Å². The van der Waals surface area contributed by atoms with Gasteiger partial charge in [0.05, 0.1) is 5.60 Å². The fourth-order valence-electron chi connectivity index (χ4n) is 1.44. The SMILES string of the molecule is CC(C)(O)CNCC(C)(C)c1cc(Br)cs1. The van der Waals surface area contributed by atoms with Gasteiger partial charge in [-0.15, -0.1) is 11.3 Å². The van der Waals surface area contributed by atoms with Gasteiger partial charge in [0.2, 0.25) is 0 Å². The highest BCUT2D eigenvalue weighted by molar-refractivity contribution is 9.10. The summed E-state index contributed by atoms with van der Waals surface area (Å²) >= 11 is 5.24. The van der Waals surface area contributed by atoms with Gasteiger partial charge in [0.1, 0.15) is 0 Å². The first-order chi connectivity index (χ1) is 7.21. The molecule has 0 bridgehead atoms. The fraction of sp³-hybridized carbons (Fsp3) is 0.667. The summed E-state index contributed by atoms with van der Waals surface area (Å²) in [4.78, 5) is 1.35. The van der Waals surface area contributed by atoms with Crippen LogP contribution < -0.4 is 5.32 Å². The third-order valence-corrected chi connectivity index (χ3v) is 4.42. The second-order valence-electron chi connectivity index (χ2n) is 5.43. The van der Waals surface area contributed by atoms with Crippen molar-refractivity contribution >= 4 is 27.3 Å². The van der Waals surface area contributed by atoms with E-state index in [0.717, 1.165) is 11.0 Å². The minimum Gasteiger partial charge on any atom is -0.389 e. The van der Waals surface area contributed by atoms with E-state index in [9.17, 15) is 5.11 Å². The Balaban J connectivity index is 2.52. The zero-order valence-electron chi connectivity index (χ0n) is 10.3. The molecular weight excluding hydrogens is 286 g/mol. The van der Waals surface area contributed by atoms with Gasteiger partial charge in [0, 0.05) is 33.2 Å². The number of nitrogens with one attached hydrogen (secondary N) is 1. The molecule has 0 aromatic carbocycles. The third-order valence-electron chi connectivity index (χ3n) is 2.36. The van der Waals surface area contributed by atoms with Crippen LogP contribution in [0.15, 0.2) is 15.9 Å². The quantitative estimate of drug-likeness (QED) is 0.876. The molecule has 16 heavy (non-hydrogen) atoms. The van der Waals surface area contributed by atoms with Crippen molar-refractivity contribution in [1.29, 1.82) is 0 Å². The van der Waals surface area contributed by atoms with Crippen molar-refractivity contribution in [2.45, 2.75) is 38.7 Å². The lowest BCUT2D eigenvalue weighted by Gasteiger charge is -2.26. The first kappa shape index (κ1) is 14.2. The van der Waals surface area contributed by atoms with Crippen LogP contribution in [-0.2, 0) is 5.41 Å². The molecule has 1 rings (SSSR count). The monoisotopic (exact) mass is 305 g/mol. The van der Waals surface area contributed by atoms with E-state index in [2.05, 4.69) is 46.5 Å². The minimum absolute atomic E-state index is 0.0991. The lowest BCUT2D eigenvalue weighted by molar-refractivity contribution is 0.0786. The van der Waals surface area contributed by atoms with E-state index < -0.39 is 5.60 Å². The van der Waals surface area contributed by atoms with E-state index in [1.165, 1.54) is 4.88 Å². The van der Waals surface area contributed by atoms with Gasteiger partial charge in [0.25, 0.3) is 0 Å². The molecule has 4 heteroatoms. The molecule has 0 aliphatic carbocycles. The number of halogens is 1. The summed E-state index contributed by atoms with van der Waals surface area (Å²) in [6, 6.07) is 2.16. The molecule has 2 nitrogen and oxygen atoms in total. The molecule has 0 radical (unpaired) electrons. The molecule has 2 N–H and O–H groups in total. The molecule has 0 unspecified atom stereocenters. The molecule has 0 amide bonds. The van der Waals surface area contributed by atoms with Crippen LogP contribution in [0.4, 0.5) is 0 Å². The van der Waals surface area contributed by atoms with E-state index in [0.29, 0.717) is 6.54 Å². The molecule has 92 valence electrons. The molecule has 1 aromatic heterocycles. The topological polar surface area (TPSA) is 32.3 Å². The fourth-order valence-corrected chi connectivity index (χ4v) is 2.99. The van der Waals surface area contributed by atoms with Gasteiger partial charge < -0.3 is 10.4 Å². The van der Waals surface area contributed by atoms with Crippen LogP contribution >= 0.6 is 27.3 Å². The zero-order valence-corrected chi connectivity index (χ0v) is 12.7. The number of thiophene rings is 1. The molecule has 0 fully saturated rings. The van der Waals surface area contributed by atoms with Gasteiger partial charge in [-0.2, -0.15) is 0 Å². The van der Waals surface area contributed by atoms with Crippen molar-refractivity contribution in [3.05, 3.63) is 20.8 Å². The van der Waals surface area contributed by atoms with Crippen molar-refractivity contribution in [1.82, 2.24) is 5.32 Å². The van der Waals surface area contributed by atoms with Gasteiger partial charge in [0.15, 0.2) is 0 Å². The second kappa shape index (κ2) is 5.17. The Labute approximate surface area is 110 Å². The Morgan fingerprint density at radius 2 is 1.94 bits per heavy atom. The maximum Gasteiger partial charge on any atom is 0.0715 e. The minimum atomic E-state index is -0.647. The van der Waals surface area contributed by atoms with Gasteiger partial charge >= 0.3 is 0 Å². The lowest BCUT2D eigenvalue weighted by atomic mass is 9.91. The maximum atomic E-state index is 9.62. The summed E-state index contributed by atoms with van der Waals surface area (Å²) in [5.74, 6) is 0. The van der Waals surface area contributed by atoms with Crippen LogP contribution in [0.5, 0.6) is 0 Å². The normalized spacial score (nSPS) is 13.1. The van der Waals surface area contributed by atoms with Crippen molar-refractivity contribution in [2.24, 2.45) is 0 Å². The van der Waals surface area contributed by atoms with Gasteiger partial charge in [-0.25, -0.2) is 0 Å². The third kappa shape index (κ3) is 4.53. The predicted octanol–water partition coefficient (Wildman–Crippen LogP) is 3.15. The van der Waals surface area contributed by atoms with Crippen LogP contribution in [0.1, 0.15) is 32.6 Å². The number of hydrogen-bond acceptors (Lipinski definition) is 3. The number of hydrogen-bond donors (Lipinski definition) is 2. The second-order valence-corrected chi connectivity index (χ2v) is 7.26. The molecule has 1 aromatic rings. The van der Waals surface area contributed by atoms with Crippen molar-refractivity contribution in [3.8, 4) is 0 Å². The van der Waals surface area contributed by atoms with E-state index in [1.807, 2.05) is 13.8 Å². The largest absolute Gasteiger partial charge is 0.389 e. The molecule has 0 aliphatic rings. The van der Waals surface area contributed by atoms with Crippen LogP contribution in [0.3, 0.4) is 0 Å². The van der Waals surface area contributed by atoms with E-state index in [1.54, 1.807) is 11.3 Å². The van der Waals surface area contributed by atoms with Crippen molar-refractivity contribution in [2.75, 3.05) is 13.1 Å². The van der Waals surface area contributed by atoms with Gasteiger partial charge in [-0.1, -0.05) is 13.8 Å². The summed E-state index contributed by atoms with van der Waals surface area (Å²) < 4.78 is 1.14. The van der Waals surface area contributed by atoms with Crippen molar-refractivity contribution in [3.63, 3.8) is 0 Å². The Bertz CT molecular complexity index is 341. The first-order valence-electron chi connectivity index (χ1n) is 5.38. The Morgan fingerprint density at radius 1 is 1.31 bits per heavy atom. The predicted molar refractivity (Wildman–Crippen MR) is 74.2 cm³/mol. The summed E-state index contributed by atoms with van der Waals surface area (Å²) in [6.45, 7) is 9.53.